The van der Waals surface area contributed by atoms with Gasteiger partial charge in [-0.1, -0.05) is 78.9 Å². The van der Waals surface area contributed by atoms with Crippen molar-refractivity contribution in [2.24, 2.45) is 0 Å². The number of hydrogen-bond donors (Lipinski definition) is 4. The highest BCUT2D eigenvalue weighted by atomic mass is 16.6. The smallest absolute Gasteiger partial charge is 0.410 e. The molecular weight excluding hydrogens is 997 g/mol. The van der Waals surface area contributed by atoms with E-state index in [-0.39, 0.29) is 62.2 Å². The maximum absolute atomic E-state index is 14.7. The number of carbonyl (C=O) groups is 7. The molecule has 2 saturated heterocycles. The van der Waals surface area contributed by atoms with Crippen LogP contribution in [0.1, 0.15) is 88.2 Å². The van der Waals surface area contributed by atoms with Crippen LogP contribution in [0.5, 0.6) is 0 Å². The fraction of sp³-hybridized carbons (Fsp3) is 0.362. The molecule has 0 unspecified atom stereocenters. The lowest BCUT2D eigenvalue weighted by Crippen LogP contribution is -2.61. The van der Waals surface area contributed by atoms with Gasteiger partial charge in [0, 0.05) is 50.4 Å². The van der Waals surface area contributed by atoms with E-state index in [2.05, 4.69) is 16.0 Å². The molecule has 78 heavy (non-hydrogen) atoms. The van der Waals surface area contributed by atoms with Gasteiger partial charge in [-0.3, -0.25) is 19.2 Å². The van der Waals surface area contributed by atoms with E-state index in [1.807, 2.05) is 109 Å². The van der Waals surface area contributed by atoms with E-state index in [4.69, 9.17) is 19.7 Å². The van der Waals surface area contributed by atoms with Crippen LogP contribution in [0.15, 0.2) is 121 Å². The maximum Gasteiger partial charge on any atom is 0.410 e. The van der Waals surface area contributed by atoms with Crippen LogP contribution in [0.4, 0.5) is 9.59 Å². The number of para-hydroxylation sites is 1. The summed E-state index contributed by atoms with van der Waals surface area (Å²) in [6, 6.07) is 37.1. The maximum atomic E-state index is 14.7. The van der Waals surface area contributed by atoms with Gasteiger partial charge in [-0.2, -0.15) is 10.2 Å². The molecule has 6 amide bonds. The molecule has 2 aliphatic rings. The number of likely N-dealkylation sites (tertiary alicyclic amines) is 2. The Balaban J connectivity index is 1.06. The van der Waals surface area contributed by atoms with E-state index in [0.29, 0.717) is 48.7 Å². The first-order valence-corrected chi connectivity index (χ1v) is 25.9. The normalized spacial score (nSPS) is 14.7. The van der Waals surface area contributed by atoms with Crippen molar-refractivity contribution in [3.63, 3.8) is 0 Å². The number of rotatable bonds is 14. The van der Waals surface area contributed by atoms with Gasteiger partial charge in [0.15, 0.2) is 11.4 Å². The summed E-state index contributed by atoms with van der Waals surface area (Å²) < 4.78 is 14.1. The van der Waals surface area contributed by atoms with E-state index in [9.17, 15) is 38.7 Å². The second-order valence-corrected chi connectivity index (χ2v) is 21.4. The first-order chi connectivity index (χ1) is 37.1. The third-order valence-corrected chi connectivity index (χ3v) is 13.4. The highest BCUT2D eigenvalue weighted by Crippen LogP contribution is 2.33. The summed E-state index contributed by atoms with van der Waals surface area (Å²) in [5.74, 6) is -3.02. The summed E-state index contributed by atoms with van der Waals surface area (Å²) >= 11 is 0. The van der Waals surface area contributed by atoms with E-state index in [1.54, 1.807) is 67.9 Å². The number of hydrogen-bond acceptors (Lipinski definition) is 11. The van der Waals surface area contributed by atoms with Crippen LogP contribution in [0.2, 0.25) is 0 Å². The van der Waals surface area contributed by atoms with Gasteiger partial charge in [-0.05, 0) is 121 Å². The fourth-order valence-corrected chi connectivity index (χ4v) is 9.46. The lowest BCUT2D eigenvalue weighted by molar-refractivity contribution is -0.146. The number of benzene rings is 4. The first-order valence-electron chi connectivity index (χ1n) is 25.9. The van der Waals surface area contributed by atoms with Gasteiger partial charge in [0.1, 0.15) is 29.8 Å². The lowest BCUT2D eigenvalue weighted by Gasteiger charge is -2.39. The van der Waals surface area contributed by atoms with Gasteiger partial charge in [0.2, 0.25) is 11.8 Å². The minimum atomic E-state index is -1.65. The summed E-state index contributed by atoms with van der Waals surface area (Å²) in [6.45, 7) is 10.7. The number of likely N-dealkylation sites (N-methyl/N-ethyl adjacent to an activating group) is 1. The molecule has 0 radical (unpaired) electrons. The van der Waals surface area contributed by atoms with Crippen LogP contribution in [0, 0.1) is 0 Å². The Hall–Kier alpha value is -8.81. The zero-order valence-corrected chi connectivity index (χ0v) is 44.9. The second-order valence-electron chi connectivity index (χ2n) is 21.4. The molecule has 2 aliphatic heterocycles. The molecule has 20 nitrogen and oxygen atoms in total. The van der Waals surface area contributed by atoms with Gasteiger partial charge < -0.3 is 45.2 Å². The number of piperidine rings is 2. The summed E-state index contributed by atoms with van der Waals surface area (Å²) in [7, 11) is 1.50. The third kappa shape index (κ3) is 13.2. The van der Waals surface area contributed by atoms with E-state index < -0.39 is 52.8 Å². The molecule has 6 aromatic rings. The summed E-state index contributed by atoms with van der Waals surface area (Å²) in [5.41, 5.74) is 2.57. The van der Waals surface area contributed by atoms with Crippen molar-refractivity contribution in [3.8, 4) is 45.0 Å². The summed E-state index contributed by atoms with van der Waals surface area (Å²) in [5, 5.41) is 28.1. The number of carbonyl (C=O) groups excluding carboxylic acids is 6. The monoisotopic (exact) mass is 1060 g/mol. The Labute approximate surface area is 452 Å². The topological polar surface area (TPSA) is 240 Å². The average Bonchev–Trinajstić information content (AvgIpc) is 4.19. The molecule has 0 spiro atoms. The van der Waals surface area contributed by atoms with Crippen molar-refractivity contribution in [1.29, 1.82) is 0 Å². The molecular formula is C58H66N10O10. The highest BCUT2D eigenvalue weighted by molar-refractivity contribution is 5.98. The Morgan fingerprint density at radius 2 is 1.18 bits per heavy atom. The molecule has 2 fully saturated rings. The third-order valence-electron chi connectivity index (χ3n) is 13.4. The van der Waals surface area contributed by atoms with Crippen molar-refractivity contribution in [3.05, 3.63) is 133 Å². The zero-order valence-electron chi connectivity index (χ0n) is 44.9. The molecule has 0 aliphatic carbocycles. The van der Waals surface area contributed by atoms with Crippen molar-refractivity contribution in [2.75, 3.05) is 46.3 Å². The fourth-order valence-electron chi connectivity index (χ4n) is 9.46. The van der Waals surface area contributed by atoms with Crippen LogP contribution < -0.4 is 16.0 Å². The standard InChI is InChI=1S/C58H66N10O10/c1-56(2,3)77-54(75)60-36-50(70)64-28-24-42(25-29-64)66(37-49(69)59-7)52(72)46-35-48(67(63-46)43-21-12-9-13-22-43)41-20-14-18-39(32-41)40-19-15-23-44(33-40)68-47(38-16-10-8-11-17-38)34-45(62-68)51(71)61-58(53(73)74)26-30-65(31-27-58)55(76)78-57(4,5)6/h8-23,32-35,42H,24-31,36-37H2,1-7H3,(H,59,69)(H,60,75)(H,61,71)(H,73,74). The largest absolute Gasteiger partial charge is 0.480 e. The van der Waals surface area contributed by atoms with Gasteiger partial charge in [0.05, 0.1) is 22.8 Å². The number of aromatic nitrogens is 4. The first kappa shape index (κ1) is 55.4. The number of ether oxygens (including phenoxy) is 2. The molecule has 408 valence electrons. The van der Waals surface area contributed by atoms with Gasteiger partial charge in [0.25, 0.3) is 11.8 Å². The summed E-state index contributed by atoms with van der Waals surface area (Å²) in [4.78, 5) is 97.4. The van der Waals surface area contributed by atoms with Gasteiger partial charge in [-0.15, -0.1) is 0 Å². The Morgan fingerprint density at radius 1 is 0.641 bits per heavy atom. The number of aliphatic carboxylic acids is 1. The number of amides is 6. The number of alkyl carbamates (subject to hydrolysis) is 1. The number of carboxylic acid groups (broad SMARTS) is 1. The molecule has 20 heteroatoms. The van der Waals surface area contributed by atoms with Crippen LogP contribution in [-0.2, 0) is 23.9 Å². The van der Waals surface area contributed by atoms with Gasteiger partial charge in [-0.25, -0.2) is 23.7 Å². The zero-order chi connectivity index (χ0) is 55.9. The van der Waals surface area contributed by atoms with Crippen LogP contribution in [-0.4, -0.2) is 150 Å². The lowest BCUT2D eigenvalue weighted by atomic mass is 9.87. The molecule has 8 rings (SSSR count). The van der Waals surface area contributed by atoms with E-state index in [0.717, 1.165) is 22.3 Å². The van der Waals surface area contributed by atoms with Crippen molar-refractivity contribution in [1.82, 2.24) is 50.2 Å². The minimum Gasteiger partial charge on any atom is -0.480 e. The number of nitrogens with zero attached hydrogens (tertiary/aromatic N) is 7. The van der Waals surface area contributed by atoms with Gasteiger partial charge >= 0.3 is 18.2 Å². The summed E-state index contributed by atoms with van der Waals surface area (Å²) in [6.07, 6.45) is -0.549. The predicted molar refractivity (Wildman–Crippen MR) is 291 cm³/mol. The predicted octanol–water partition coefficient (Wildman–Crippen LogP) is 7.35. The van der Waals surface area contributed by atoms with Crippen molar-refractivity contribution >= 4 is 41.8 Å². The second kappa shape index (κ2) is 23.2. The molecule has 2 aromatic heterocycles. The molecule has 0 bridgehead atoms. The number of carboxylic acids is 1. The SMILES string of the molecule is CNC(=O)CN(C(=O)c1cc(-c2cccc(-c3cccc(-n4nc(C(=O)NC5(C(=O)O)CCN(C(=O)OC(C)(C)C)CC5)cc4-c4ccccc4)c3)c2)n(-c2ccccc2)n1)C1CCN(C(=O)CNC(=O)OC(C)(C)C)CC1. The van der Waals surface area contributed by atoms with Crippen LogP contribution in [0.3, 0.4) is 0 Å². The van der Waals surface area contributed by atoms with E-state index in [1.165, 1.54) is 16.8 Å². The van der Waals surface area contributed by atoms with Crippen molar-refractivity contribution < 1.29 is 48.1 Å². The minimum absolute atomic E-state index is 0.00452. The molecule has 4 aromatic carbocycles. The van der Waals surface area contributed by atoms with Crippen LogP contribution in [0.25, 0.3) is 45.0 Å². The Bertz CT molecular complexity index is 3180. The average molecular weight is 1060 g/mol. The Morgan fingerprint density at radius 3 is 1.81 bits per heavy atom. The molecule has 4 heterocycles. The highest BCUT2D eigenvalue weighted by Gasteiger charge is 2.45. The molecule has 4 N–H and O–H groups in total. The quantitative estimate of drug-likeness (QED) is 0.0838. The molecule has 0 atom stereocenters. The van der Waals surface area contributed by atoms with Crippen LogP contribution >= 0.6 is 0 Å². The number of nitrogens with one attached hydrogen (secondary N) is 3. The Kier molecular flexibility index (Phi) is 16.5. The molecule has 0 saturated carbocycles. The van der Waals surface area contributed by atoms with Crippen molar-refractivity contribution in [2.45, 2.75) is 90.0 Å². The van der Waals surface area contributed by atoms with E-state index >= 15 is 0 Å².